The van der Waals surface area contributed by atoms with Crippen molar-refractivity contribution >= 4 is 21.8 Å². The third kappa shape index (κ3) is 2.56. The molecule has 136 valence electrons. The molecule has 0 amide bonds. The molecule has 1 N–H and O–H groups in total. The van der Waals surface area contributed by atoms with Gasteiger partial charge in [0, 0.05) is 67.1 Å². The van der Waals surface area contributed by atoms with Gasteiger partial charge in [0.1, 0.15) is 0 Å². The zero-order valence-corrected chi connectivity index (χ0v) is 15.6. The normalized spacial score (nSPS) is 27.4. The molecule has 1 unspecified atom stereocenters. The van der Waals surface area contributed by atoms with E-state index in [2.05, 4.69) is 70.8 Å². The minimum atomic E-state index is -0.140. The second kappa shape index (κ2) is 6.08. The quantitative estimate of drug-likeness (QED) is 0.772. The summed E-state index contributed by atoms with van der Waals surface area (Å²) in [5.41, 5.74) is 3.98. The molecule has 0 spiro atoms. The molecule has 2 aliphatic rings. The molecule has 0 bridgehead atoms. The van der Waals surface area contributed by atoms with Crippen LogP contribution in [0.4, 0.5) is 0 Å². The molecule has 26 heavy (non-hydrogen) atoms. The molecule has 2 aromatic carbocycles. The number of aliphatic hydroxyl groups is 1. The fourth-order valence-electron chi connectivity index (χ4n) is 5.04. The van der Waals surface area contributed by atoms with E-state index in [-0.39, 0.29) is 6.10 Å². The number of nitrogens with zero attached hydrogens (tertiary/aromatic N) is 3. The Morgan fingerprint density at radius 2 is 1.81 bits per heavy atom. The molecule has 2 aliphatic heterocycles. The van der Waals surface area contributed by atoms with Gasteiger partial charge in [-0.15, -0.1) is 0 Å². The molecule has 3 atom stereocenters. The molecule has 3 aromatic rings. The molecule has 0 radical (unpaired) electrons. The number of rotatable bonds is 2. The van der Waals surface area contributed by atoms with E-state index in [9.17, 15) is 5.11 Å². The van der Waals surface area contributed by atoms with Crippen LogP contribution in [0, 0.1) is 0 Å². The van der Waals surface area contributed by atoms with E-state index in [0.717, 1.165) is 32.6 Å². The van der Waals surface area contributed by atoms with Gasteiger partial charge in [0.2, 0.25) is 0 Å². The molecule has 0 aliphatic carbocycles. The number of para-hydroxylation sites is 1. The Labute approximate surface area is 154 Å². The van der Waals surface area contributed by atoms with Crippen LogP contribution < -0.4 is 0 Å². The highest BCUT2D eigenvalue weighted by Gasteiger charge is 2.37. The lowest BCUT2D eigenvalue weighted by atomic mass is 10.1. The summed E-state index contributed by atoms with van der Waals surface area (Å²) in [6.07, 6.45) is 0.783. The SMILES string of the molecule is C[C@@H]1CN2C[C@H](O)CC2CN1Cc1ccc2c3ccccc3n(C)c2c1. The Hall–Kier alpha value is -1.88. The Bertz CT molecular complexity index is 963. The number of benzene rings is 2. The van der Waals surface area contributed by atoms with Gasteiger partial charge in [-0.2, -0.15) is 0 Å². The minimum absolute atomic E-state index is 0.140. The van der Waals surface area contributed by atoms with Crippen molar-refractivity contribution in [2.75, 3.05) is 19.6 Å². The zero-order chi connectivity index (χ0) is 17.8. The molecule has 5 rings (SSSR count). The largest absolute Gasteiger partial charge is 0.392 e. The third-order valence-electron chi connectivity index (χ3n) is 6.44. The maximum Gasteiger partial charge on any atom is 0.0682 e. The van der Waals surface area contributed by atoms with Gasteiger partial charge in [0.15, 0.2) is 0 Å². The first-order valence-corrected chi connectivity index (χ1v) is 9.72. The van der Waals surface area contributed by atoms with Crippen LogP contribution in [0.3, 0.4) is 0 Å². The second-order valence-corrected chi connectivity index (χ2v) is 8.20. The van der Waals surface area contributed by atoms with Gasteiger partial charge in [-0.3, -0.25) is 9.80 Å². The highest BCUT2D eigenvalue weighted by atomic mass is 16.3. The van der Waals surface area contributed by atoms with Crippen molar-refractivity contribution in [3.8, 4) is 0 Å². The van der Waals surface area contributed by atoms with Crippen LogP contribution in [0.5, 0.6) is 0 Å². The molecule has 1 aromatic heterocycles. The van der Waals surface area contributed by atoms with Gasteiger partial charge >= 0.3 is 0 Å². The van der Waals surface area contributed by atoms with Crippen LogP contribution in [-0.2, 0) is 13.6 Å². The van der Waals surface area contributed by atoms with E-state index in [1.165, 1.54) is 27.4 Å². The van der Waals surface area contributed by atoms with Crippen molar-refractivity contribution < 1.29 is 5.11 Å². The molecule has 2 saturated heterocycles. The molecule has 0 saturated carbocycles. The highest BCUT2D eigenvalue weighted by Crippen LogP contribution is 2.30. The molecule has 3 heterocycles. The number of fused-ring (bicyclic) bond motifs is 4. The van der Waals surface area contributed by atoms with Crippen molar-refractivity contribution in [2.24, 2.45) is 7.05 Å². The first-order valence-electron chi connectivity index (χ1n) is 9.72. The Kier molecular flexibility index (Phi) is 3.82. The van der Waals surface area contributed by atoms with Crippen molar-refractivity contribution in [2.45, 2.75) is 38.1 Å². The van der Waals surface area contributed by atoms with Crippen LogP contribution in [0.2, 0.25) is 0 Å². The summed E-state index contributed by atoms with van der Waals surface area (Å²) < 4.78 is 2.31. The van der Waals surface area contributed by atoms with Gasteiger partial charge in [0.25, 0.3) is 0 Å². The number of aromatic nitrogens is 1. The van der Waals surface area contributed by atoms with Gasteiger partial charge in [-0.05, 0) is 31.0 Å². The second-order valence-electron chi connectivity index (χ2n) is 8.20. The first-order chi connectivity index (χ1) is 12.6. The lowest BCUT2D eigenvalue weighted by molar-refractivity contribution is 0.0529. The van der Waals surface area contributed by atoms with Crippen molar-refractivity contribution in [3.05, 3.63) is 48.0 Å². The number of hydrogen-bond donors (Lipinski definition) is 1. The maximum atomic E-state index is 9.98. The van der Waals surface area contributed by atoms with Crippen LogP contribution >= 0.6 is 0 Å². The standard InChI is InChI=1S/C22H27N3O/c1-15-11-25-14-18(26)10-17(25)13-24(15)12-16-7-8-20-19-5-3-4-6-21(19)23(2)22(20)9-16/h3-9,15,17-18,26H,10-14H2,1-2H3/t15-,17?,18-/m1/s1. The van der Waals surface area contributed by atoms with Crippen LogP contribution in [-0.4, -0.2) is 57.3 Å². The van der Waals surface area contributed by atoms with Gasteiger partial charge in [0.05, 0.1) is 6.10 Å². The number of piperazine rings is 1. The van der Waals surface area contributed by atoms with Gasteiger partial charge in [-0.1, -0.05) is 30.3 Å². The summed E-state index contributed by atoms with van der Waals surface area (Å²) in [7, 11) is 2.16. The van der Waals surface area contributed by atoms with E-state index < -0.39 is 0 Å². The summed E-state index contributed by atoms with van der Waals surface area (Å²) >= 11 is 0. The monoisotopic (exact) mass is 349 g/mol. The van der Waals surface area contributed by atoms with E-state index >= 15 is 0 Å². The summed E-state index contributed by atoms with van der Waals surface area (Å²) in [6.45, 7) is 6.28. The number of aliphatic hydroxyl groups excluding tert-OH is 1. The fraction of sp³-hybridized carbons (Fsp3) is 0.455. The Morgan fingerprint density at radius 1 is 1.00 bits per heavy atom. The molecule has 4 heteroatoms. The van der Waals surface area contributed by atoms with Gasteiger partial charge < -0.3 is 9.67 Å². The smallest absolute Gasteiger partial charge is 0.0682 e. The zero-order valence-electron chi connectivity index (χ0n) is 15.6. The Balaban J connectivity index is 1.44. The summed E-state index contributed by atoms with van der Waals surface area (Å²) in [6, 6.07) is 16.6. The first kappa shape index (κ1) is 16.3. The lowest BCUT2D eigenvalue weighted by Crippen LogP contribution is -2.54. The average molecular weight is 349 g/mol. The van der Waals surface area contributed by atoms with Crippen LogP contribution in [0.15, 0.2) is 42.5 Å². The van der Waals surface area contributed by atoms with E-state index in [1.807, 2.05) is 0 Å². The summed E-state index contributed by atoms with van der Waals surface area (Å²) in [5, 5.41) is 12.6. The van der Waals surface area contributed by atoms with Crippen molar-refractivity contribution in [3.63, 3.8) is 0 Å². The average Bonchev–Trinajstić information content (AvgIpc) is 3.13. The molecule has 2 fully saturated rings. The van der Waals surface area contributed by atoms with E-state index in [1.54, 1.807) is 0 Å². The van der Waals surface area contributed by atoms with E-state index in [0.29, 0.717) is 12.1 Å². The lowest BCUT2D eigenvalue weighted by Gasteiger charge is -2.42. The predicted molar refractivity (Wildman–Crippen MR) is 106 cm³/mol. The molecular formula is C22H27N3O. The van der Waals surface area contributed by atoms with E-state index in [4.69, 9.17) is 0 Å². The number of hydrogen-bond acceptors (Lipinski definition) is 3. The summed E-state index contributed by atoms with van der Waals surface area (Å²) in [4.78, 5) is 5.06. The predicted octanol–water partition coefficient (Wildman–Crippen LogP) is 2.97. The number of aryl methyl sites for hydroxylation is 1. The van der Waals surface area contributed by atoms with Crippen molar-refractivity contribution in [1.29, 1.82) is 0 Å². The van der Waals surface area contributed by atoms with Gasteiger partial charge in [-0.25, -0.2) is 0 Å². The molecule has 4 nitrogen and oxygen atoms in total. The summed E-state index contributed by atoms with van der Waals surface area (Å²) in [5.74, 6) is 0. The molecular weight excluding hydrogens is 322 g/mol. The van der Waals surface area contributed by atoms with Crippen LogP contribution in [0.25, 0.3) is 21.8 Å². The van der Waals surface area contributed by atoms with Crippen LogP contribution in [0.1, 0.15) is 18.9 Å². The topological polar surface area (TPSA) is 31.6 Å². The maximum absolute atomic E-state index is 9.98. The Morgan fingerprint density at radius 3 is 2.69 bits per heavy atom. The van der Waals surface area contributed by atoms with Crippen molar-refractivity contribution in [1.82, 2.24) is 14.4 Å². The third-order valence-corrected chi connectivity index (χ3v) is 6.44. The highest BCUT2D eigenvalue weighted by molar-refractivity contribution is 6.08. The fourth-order valence-corrected chi connectivity index (χ4v) is 5.04. The minimum Gasteiger partial charge on any atom is -0.392 e.